The maximum atomic E-state index is 12.8. The molecule has 0 spiro atoms. The second-order valence-corrected chi connectivity index (χ2v) is 9.82. The van der Waals surface area contributed by atoms with E-state index < -0.39 is 11.3 Å². The van der Waals surface area contributed by atoms with Crippen LogP contribution in [0.3, 0.4) is 0 Å². The summed E-state index contributed by atoms with van der Waals surface area (Å²) in [4.78, 5) is 29.2. The fraction of sp³-hybridized carbons (Fsp3) is 0.250. The van der Waals surface area contributed by atoms with Crippen molar-refractivity contribution in [1.82, 2.24) is 25.3 Å². The summed E-state index contributed by atoms with van der Waals surface area (Å²) in [7, 11) is 2.87. The minimum atomic E-state index is -2.88. The van der Waals surface area contributed by atoms with Gasteiger partial charge in [0.1, 0.15) is 5.82 Å². The van der Waals surface area contributed by atoms with Crippen LogP contribution in [-0.4, -0.2) is 48.8 Å². The zero-order valence-electron chi connectivity index (χ0n) is 23.2. The van der Waals surface area contributed by atoms with Gasteiger partial charge in [0.2, 0.25) is 11.7 Å². The number of hydrogen-bond acceptors (Lipinski definition) is 10. The molecule has 0 fully saturated rings. The van der Waals surface area contributed by atoms with Crippen LogP contribution in [0.25, 0.3) is 11.4 Å². The second kappa shape index (κ2) is 13.2. The molecule has 1 N–H and O–H groups in total. The number of hydrogen-bond donors (Lipinski definition) is 1. The van der Waals surface area contributed by atoms with E-state index in [0.29, 0.717) is 17.0 Å². The molecule has 0 bridgehead atoms. The number of methoxy groups -OCH3 is 2. The number of nitrogens with zero attached hydrogens (tertiary/aromatic N) is 5. The van der Waals surface area contributed by atoms with Gasteiger partial charge in [-0.2, -0.15) is 4.98 Å². The van der Waals surface area contributed by atoms with Crippen molar-refractivity contribution < 1.29 is 27.8 Å². The van der Waals surface area contributed by atoms with Crippen molar-refractivity contribution >= 4 is 28.8 Å². The number of nitrogens with one attached hydrogen (secondary N) is 1. The minimum absolute atomic E-state index is 0.0367. The van der Waals surface area contributed by atoms with E-state index in [1.54, 1.807) is 54.7 Å². The molecule has 12 nitrogen and oxygen atoms in total. The summed E-state index contributed by atoms with van der Waals surface area (Å²) in [6, 6.07) is 13.6. The molecular weight excluding hydrogens is 548 g/mol. The fourth-order valence-electron chi connectivity index (χ4n) is 3.77. The number of rotatable bonds is 11. The van der Waals surface area contributed by atoms with Crippen molar-refractivity contribution in [3.8, 4) is 34.5 Å². The number of ether oxygens (including phenoxy) is 3. The summed E-state index contributed by atoms with van der Waals surface area (Å²) in [6.45, 7) is 5.61. The van der Waals surface area contributed by atoms with Crippen molar-refractivity contribution in [2.24, 2.45) is 0 Å². The van der Waals surface area contributed by atoms with Crippen LogP contribution in [0.4, 0.5) is 11.6 Å². The van der Waals surface area contributed by atoms with Gasteiger partial charge in [0, 0.05) is 24.9 Å². The smallest absolute Gasteiger partial charge is 0.263 e. The zero-order chi connectivity index (χ0) is 29.5. The molecule has 0 saturated heterocycles. The number of benzene rings is 1. The van der Waals surface area contributed by atoms with Gasteiger partial charge in [-0.15, -0.1) is 0 Å². The number of aromatic nitrogens is 4. The van der Waals surface area contributed by atoms with E-state index in [1.807, 2.05) is 13.8 Å². The summed E-state index contributed by atoms with van der Waals surface area (Å²) in [5, 5.41) is 2.69. The molecule has 3 heterocycles. The number of anilines is 2. The van der Waals surface area contributed by atoms with Crippen molar-refractivity contribution in [3.63, 3.8) is 0 Å². The van der Waals surface area contributed by atoms with Gasteiger partial charge in [0.05, 0.1) is 37.7 Å². The van der Waals surface area contributed by atoms with Crippen LogP contribution < -0.4 is 23.8 Å². The predicted octanol–water partition coefficient (Wildman–Crippen LogP) is 4.43. The summed E-state index contributed by atoms with van der Waals surface area (Å²) in [5.41, 5.74) is 1.98. The van der Waals surface area contributed by atoms with E-state index >= 15 is 0 Å². The third-order valence-corrected chi connectivity index (χ3v) is 6.53. The van der Waals surface area contributed by atoms with Gasteiger partial charge in [-0.05, 0) is 41.8 Å². The molecule has 0 aliphatic heterocycles. The van der Waals surface area contributed by atoms with Gasteiger partial charge in [0.15, 0.2) is 23.1 Å². The van der Waals surface area contributed by atoms with Crippen molar-refractivity contribution in [2.45, 2.75) is 33.2 Å². The number of carbonyl (C=O) groups excluding carboxylic acids is 1. The van der Waals surface area contributed by atoms with Gasteiger partial charge in [-0.3, -0.25) is 14.0 Å². The highest BCUT2D eigenvalue weighted by Gasteiger charge is 2.27. The minimum Gasteiger partial charge on any atom is -0.755 e. The molecule has 3 aromatic heterocycles. The van der Waals surface area contributed by atoms with E-state index in [9.17, 15) is 13.6 Å². The molecule has 1 amide bonds. The van der Waals surface area contributed by atoms with E-state index in [-0.39, 0.29) is 53.2 Å². The third kappa shape index (κ3) is 6.94. The fourth-order valence-corrected chi connectivity index (χ4v) is 4.30. The highest BCUT2D eigenvalue weighted by molar-refractivity contribution is 7.81. The molecule has 1 atom stereocenters. The summed E-state index contributed by atoms with van der Waals surface area (Å²) in [5.74, 6) is 0.623. The maximum absolute atomic E-state index is 12.8. The average molecular weight is 578 g/mol. The van der Waals surface area contributed by atoms with Crippen LogP contribution in [0.15, 0.2) is 60.9 Å². The summed E-state index contributed by atoms with van der Waals surface area (Å²) in [6.07, 6.45) is 3.15. The van der Waals surface area contributed by atoms with Crippen molar-refractivity contribution in [3.05, 3.63) is 72.2 Å². The molecule has 0 aliphatic carbocycles. The first-order chi connectivity index (χ1) is 19.7. The maximum Gasteiger partial charge on any atom is 0.263 e. The number of pyridine rings is 2. The SMILES string of the molecule is COc1ccccc1Oc1c(OC)nc(-c2ccnc(CNC(C)=O)c2)nc1N(c1ccc(C(C)C)cn1)S(=O)[O-]. The van der Waals surface area contributed by atoms with Crippen molar-refractivity contribution in [2.75, 3.05) is 18.5 Å². The van der Waals surface area contributed by atoms with Gasteiger partial charge in [0.25, 0.3) is 5.88 Å². The normalized spacial score (nSPS) is 11.6. The lowest BCUT2D eigenvalue weighted by Gasteiger charge is -2.27. The van der Waals surface area contributed by atoms with Gasteiger partial charge < -0.3 is 24.1 Å². The Kier molecular flexibility index (Phi) is 9.42. The molecule has 13 heteroatoms. The number of amides is 1. The largest absolute Gasteiger partial charge is 0.755 e. The van der Waals surface area contributed by atoms with Gasteiger partial charge in [-0.25, -0.2) is 14.3 Å². The quantitative estimate of drug-likeness (QED) is 0.253. The number of carbonyl (C=O) groups is 1. The molecule has 1 unspecified atom stereocenters. The predicted molar refractivity (Wildman–Crippen MR) is 152 cm³/mol. The second-order valence-electron chi connectivity index (χ2n) is 9.02. The molecule has 0 aliphatic rings. The van der Waals surface area contributed by atoms with E-state index in [1.165, 1.54) is 27.3 Å². The lowest BCUT2D eigenvalue weighted by Crippen LogP contribution is -2.23. The third-order valence-electron chi connectivity index (χ3n) is 5.87. The standard InChI is InChI=1S/C28H30N6O6S/c1-17(2)20-10-11-24(31-15-20)34(41(36)37)27-25(40-23-9-7-6-8-22(23)38-4)28(39-5)33-26(32-27)19-12-13-29-21(14-19)16-30-18(3)35/h6-15,17H,16H2,1-5H3,(H,30,35)(H,36,37)/p-1. The van der Waals surface area contributed by atoms with Gasteiger partial charge in [-0.1, -0.05) is 32.0 Å². The van der Waals surface area contributed by atoms with Crippen LogP contribution in [0.2, 0.25) is 0 Å². The Labute approximate surface area is 240 Å². The summed E-state index contributed by atoms with van der Waals surface area (Å²) >= 11 is -2.88. The molecule has 0 radical (unpaired) electrons. The first kappa shape index (κ1) is 29.4. The molecule has 214 valence electrons. The van der Waals surface area contributed by atoms with Crippen LogP contribution in [0.5, 0.6) is 23.1 Å². The Morgan fingerprint density at radius 1 is 1.05 bits per heavy atom. The van der Waals surface area contributed by atoms with Gasteiger partial charge >= 0.3 is 0 Å². The Hall–Kier alpha value is -4.62. The monoisotopic (exact) mass is 577 g/mol. The molecular formula is C28H29N6O6S-. The highest BCUT2D eigenvalue weighted by atomic mass is 32.2. The lowest BCUT2D eigenvalue weighted by atomic mass is 10.1. The average Bonchev–Trinajstić information content (AvgIpc) is 2.97. The van der Waals surface area contributed by atoms with Crippen LogP contribution >= 0.6 is 0 Å². The first-order valence-electron chi connectivity index (χ1n) is 12.5. The molecule has 1 aromatic carbocycles. The topological polar surface area (TPSA) is 152 Å². The molecule has 4 rings (SSSR count). The molecule has 41 heavy (non-hydrogen) atoms. The van der Waals surface area contributed by atoms with Crippen molar-refractivity contribution in [1.29, 1.82) is 0 Å². The molecule has 4 aromatic rings. The van der Waals surface area contributed by atoms with Crippen LogP contribution in [0, 0.1) is 0 Å². The van der Waals surface area contributed by atoms with E-state index in [0.717, 1.165) is 9.87 Å². The highest BCUT2D eigenvalue weighted by Crippen LogP contribution is 2.44. The van der Waals surface area contributed by atoms with E-state index in [4.69, 9.17) is 14.2 Å². The molecule has 0 saturated carbocycles. The Morgan fingerprint density at radius 3 is 2.41 bits per heavy atom. The Bertz CT molecular complexity index is 1550. The summed E-state index contributed by atoms with van der Waals surface area (Å²) < 4.78 is 43.6. The lowest BCUT2D eigenvalue weighted by molar-refractivity contribution is -0.119. The van der Waals surface area contributed by atoms with E-state index in [2.05, 4.69) is 25.3 Å². The Morgan fingerprint density at radius 2 is 1.80 bits per heavy atom. The number of para-hydroxylation sites is 2. The van der Waals surface area contributed by atoms with Crippen LogP contribution in [0.1, 0.15) is 37.9 Å². The van der Waals surface area contributed by atoms with Crippen LogP contribution in [-0.2, 0) is 22.6 Å². The zero-order valence-corrected chi connectivity index (χ0v) is 24.0. The Balaban J connectivity index is 1.92. The first-order valence-corrected chi connectivity index (χ1v) is 13.6.